The van der Waals surface area contributed by atoms with Crippen molar-refractivity contribution in [2.45, 2.75) is 24.8 Å². The minimum absolute atomic E-state index is 0. The Hall–Kier alpha value is -1.46. The van der Waals surface area contributed by atoms with Gasteiger partial charge in [0.25, 0.3) is 0 Å². The van der Waals surface area contributed by atoms with Crippen LogP contribution in [0.1, 0.15) is 19.3 Å². The molecule has 0 heterocycles. The predicted octanol–water partition coefficient (Wildman–Crippen LogP) is 1.49. The van der Waals surface area contributed by atoms with Crippen molar-refractivity contribution in [2.75, 3.05) is 20.3 Å². The van der Waals surface area contributed by atoms with E-state index in [-0.39, 0.29) is 18.3 Å². The molecule has 1 fully saturated rings. The number of carbonyl (C=O) groups is 1. The zero-order valence-corrected chi connectivity index (χ0v) is 12.4. The molecular weight excluding hydrogens is 280 g/mol. The van der Waals surface area contributed by atoms with Gasteiger partial charge in [-0.25, -0.2) is 0 Å². The van der Waals surface area contributed by atoms with Crippen LogP contribution in [0.15, 0.2) is 24.3 Å². The quantitative estimate of drug-likeness (QED) is 0.748. The lowest BCUT2D eigenvalue weighted by molar-refractivity contribution is -0.123. The largest absolute Gasteiger partial charge is 0.497 e. The zero-order chi connectivity index (χ0) is 13.7. The summed E-state index contributed by atoms with van der Waals surface area (Å²) in [4.78, 5) is 11.6. The second kappa shape index (κ2) is 7.36. The van der Waals surface area contributed by atoms with Gasteiger partial charge in [-0.2, -0.15) is 0 Å². The van der Waals surface area contributed by atoms with Crippen LogP contribution in [-0.4, -0.2) is 31.7 Å². The van der Waals surface area contributed by atoms with Crippen LogP contribution >= 0.6 is 12.4 Å². The van der Waals surface area contributed by atoms with Gasteiger partial charge in [-0.3, -0.25) is 4.79 Å². The molecule has 2 rings (SSSR count). The highest BCUT2D eigenvalue weighted by Gasteiger charge is 2.45. The van der Waals surface area contributed by atoms with Crippen LogP contribution in [0.3, 0.4) is 0 Å². The Labute approximate surface area is 125 Å². The minimum atomic E-state index is -0.590. The molecule has 0 aromatic heterocycles. The van der Waals surface area contributed by atoms with E-state index in [1.165, 1.54) is 0 Å². The third kappa shape index (κ3) is 4.58. The van der Waals surface area contributed by atoms with E-state index in [0.29, 0.717) is 13.2 Å². The number of rotatable bonds is 7. The van der Waals surface area contributed by atoms with Crippen molar-refractivity contribution in [1.82, 2.24) is 5.32 Å². The van der Waals surface area contributed by atoms with Crippen molar-refractivity contribution in [3.63, 3.8) is 0 Å². The lowest BCUT2D eigenvalue weighted by atomic mass is 10.2. The van der Waals surface area contributed by atoms with Gasteiger partial charge in [-0.1, -0.05) is 6.07 Å². The highest BCUT2D eigenvalue weighted by atomic mass is 35.5. The summed E-state index contributed by atoms with van der Waals surface area (Å²) in [7, 11) is 1.62. The van der Waals surface area contributed by atoms with Crippen LogP contribution < -0.4 is 20.5 Å². The van der Waals surface area contributed by atoms with Gasteiger partial charge >= 0.3 is 0 Å². The molecule has 20 heavy (non-hydrogen) atoms. The highest BCUT2D eigenvalue weighted by Crippen LogP contribution is 2.31. The van der Waals surface area contributed by atoms with E-state index >= 15 is 0 Å². The summed E-state index contributed by atoms with van der Waals surface area (Å²) in [6.07, 6.45) is 2.33. The molecule has 1 aliphatic carbocycles. The molecule has 0 aliphatic heterocycles. The first-order valence-electron chi connectivity index (χ1n) is 6.48. The summed E-state index contributed by atoms with van der Waals surface area (Å²) in [5.74, 6) is 1.49. The molecule has 0 spiro atoms. The Morgan fingerprint density at radius 3 is 2.75 bits per heavy atom. The first kappa shape index (κ1) is 16.6. The maximum atomic E-state index is 11.6. The smallest absolute Gasteiger partial charge is 0.240 e. The summed E-state index contributed by atoms with van der Waals surface area (Å²) in [5, 5.41) is 2.83. The number of amides is 1. The van der Waals surface area contributed by atoms with Crippen LogP contribution in [0.5, 0.6) is 11.5 Å². The molecular formula is C14H21ClN2O3. The summed E-state index contributed by atoms with van der Waals surface area (Å²) < 4.78 is 10.7. The van der Waals surface area contributed by atoms with Crippen molar-refractivity contribution >= 4 is 18.3 Å². The predicted molar refractivity (Wildman–Crippen MR) is 79.5 cm³/mol. The molecule has 112 valence electrons. The molecule has 1 aromatic rings. The number of methoxy groups -OCH3 is 1. The third-order valence-electron chi connectivity index (χ3n) is 3.16. The van der Waals surface area contributed by atoms with Crippen molar-refractivity contribution in [3.05, 3.63) is 24.3 Å². The van der Waals surface area contributed by atoms with E-state index in [1.807, 2.05) is 24.3 Å². The van der Waals surface area contributed by atoms with Gasteiger partial charge < -0.3 is 20.5 Å². The van der Waals surface area contributed by atoms with Gasteiger partial charge in [0.1, 0.15) is 11.5 Å². The van der Waals surface area contributed by atoms with Crippen molar-refractivity contribution in [3.8, 4) is 11.5 Å². The van der Waals surface area contributed by atoms with Gasteiger partial charge in [0.05, 0.1) is 19.3 Å². The van der Waals surface area contributed by atoms with Gasteiger partial charge in [0, 0.05) is 12.6 Å². The molecule has 5 nitrogen and oxygen atoms in total. The Kier molecular flexibility index (Phi) is 6.10. The van der Waals surface area contributed by atoms with Crippen molar-refractivity contribution in [2.24, 2.45) is 5.73 Å². The average molecular weight is 301 g/mol. The molecule has 1 amide bonds. The van der Waals surface area contributed by atoms with E-state index in [9.17, 15) is 4.79 Å². The number of hydrogen-bond acceptors (Lipinski definition) is 4. The van der Waals surface area contributed by atoms with Crippen LogP contribution in [0, 0.1) is 0 Å². The first-order valence-corrected chi connectivity index (χ1v) is 6.48. The third-order valence-corrected chi connectivity index (χ3v) is 3.16. The molecule has 3 N–H and O–H groups in total. The van der Waals surface area contributed by atoms with E-state index in [4.69, 9.17) is 15.2 Å². The number of nitrogens with two attached hydrogens (primary N) is 1. The minimum Gasteiger partial charge on any atom is -0.497 e. The SMILES string of the molecule is COc1cccc(OCCCNC(=O)C2(N)CC2)c1.Cl. The number of carbonyl (C=O) groups excluding carboxylic acids is 1. The Morgan fingerprint density at radius 1 is 1.40 bits per heavy atom. The van der Waals surface area contributed by atoms with Crippen molar-refractivity contribution < 1.29 is 14.3 Å². The molecule has 1 aliphatic rings. The van der Waals surface area contributed by atoms with E-state index in [0.717, 1.165) is 30.8 Å². The molecule has 1 saturated carbocycles. The lowest BCUT2D eigenvalue weighted by Crippen LogP contribution is -2.43. The van der Waals surface area contributed by atoms with E-state index in [1.54, 1.807) is 7.11 Å². The molecule has 0 atom stereocenters. The Balaban J connectivity index is 0.00000200. The molecule has 0 bridgehead atoms. The number of benzene rings is 1. The number of halogens is 1. The zero-order valence-electron chi connectivity index (χ0n) is 11.6. The monoisotopic (exact) mass is 300 g/mol. The molecule has 0 saturated heterocycles. The Morgan fingerprint density at radius 2 is 2.10 bits per heavy atom. The highest BCUT2D eigenvalue weighted by molar-refractivity contribution is 5.88. The lowest BCUT2D eigenvalue weighted by Gasteiger charge is -2.11. The number of hydrogen-bond donors (Lipinski definition) is 2. The van der Waals surface area contributed by atoms with Crippen LogP contribution in [-0.2, 0) is 4.79 Å². The second-order valence-corrected chi connectivity index (χ2v) is 4.79. The normalized spacial score (nSPS) is 14.9. The summed E-state index contributed by atoms with van der Waals surface area (Å²) >= 11 is 0. The fraction of sp³-hybridized carbons (Fsp3) is 0.500. The average Bonchev–Trinajstić information content (AvgIpc) is 3.18. The van der Waals surface area contributed by atoms with Crippen molar-refractivity contribution in [1.29, 1.82) is 0 Å². The standard InChI is InChI=1S/C14H20N2O3.ClH/c1-18-11-4-2-5-12(10-11)19-9-3-8-16-13(17)14(15)6-7-14;/h2,4-5,10H,3,6-9,15H2,1H3,(H,16,17);1H. The maximum Gasteiger partial charge on any atom is 0.240 e. The summed E-state index contributed by atoms with van der Waals surface area (Å²) in [5.41, 5.74) is 5.18. The first-order chi connectivity index (χ1) is 9.14. The molecule has 6 heteroatoms. The van der Waals surface area contributed by atoms with Crippen LogP contribution in [0.25, 0.3) is 0 Å². The van der Waals surface area contributed by atoms with Crippen LogP contribution in [0.2, 0.25) is 0 Å². The fourth-order valence-electron chi connectivity index (χ4n) is 1.69. The fourth-order valence-corrected chi connectivity index (χ4v) is 1.69. The number of nitrogens with one attached hydrogen (secondary N) is 1. The maximum absolute atomic E-state index is 11.6. The van der Waals surface area contributed by atoms with Gasteiger partial charge in [-0.15, -0.1) is 12.4 Å². The Bertz CT molecular complexity index is 450. The van der Waals surface area contributed by atoms with E-state index in [2.05, 4.69) is 5.32 Å². The van der Waals surface area contributed by atoms with Gasteiger partial charge in [-0.05, 0) is 31.4 Å². The summed E-state index contributed by atoms with van der Waals surface area (Å²) in [6, 6.07) is 7.45. The topological polar surface area (TPSA) is 73.6 Å². The second-order valence-electron chi connectivity index (χ2n) is 4.79. The molecule has 0 unspecified atom stereocenters. The van der Waals surface area contributed by atoms with Gasteiger partial charge in [0.2, 0.25) is 5.91 Å². The van der Waals surface area contributed by atoms with Crippen LogP contribution in [0.4, 0.5) is 0 Å². The molecule has 1 aromatic carbocycles. The number of ether oxygens (including phenoxy) is 2. The summed E-state index contributed by atoms with van der Waals surface area (Å²) in [6.45, 7) is 1.13. The van der Waals surface area contributed by atoms with E-state index < -0.39 is 5.54 Å². The van der Waals surface area contributed by atoms with Gasteiger partial charge in [0.15, 0.2) is 0 Å². The molecule has 0 radical (unpaired) electrons.